The second-order valence-electron chi connectivity index (χ2n) is 5.40. The normalized spacial score (nSPS) is 27.7. The van der Waals surface area contributed by atoms with E-state index in [4.69, 9.17) is 0 Å². The lowest BCUT2D eigenvalue weighted by Crippen LogP contribution is -2.20. The molecule has 1 aliphatic rings. The first kappa shape index (κ1) is 12.5. The number of hydrogen-bond acceptors (Lipinski definition) is 1. The van der Waals surface area contributed by atoms with Crippen molar-refractivity contribution in [2.24, 2.45) is 11.3 Å². The Hall–Kier alpha value is -0.560. The minimum Gasteiger partial charge on any atom is -0.389 e. The van der Waals surface area contributed by atoms with Crippen LogP contribution in [0.2, 0.25) is 0 Å². The van der Waals surface area contributed by atoms with Gasteiger partial charge in [-0.05, 0) is 50.5 Å². The summed E-state index contributed by atoms with van der Waals surface area (Å²) in [5.74, 6) is 0.700. The fraction of sp³-hybridized carbons (Fsp3) is 0.714. The molecule has 0 aromatic rings. The van der Waals surface area contributed by atoms with Gasteiger partial charge in [-0.25, -0.2) is 0 Å². The number of allylic oxidation sites excluding steroid dienone is 3. The van der Waals surface area contributed by atoms with Crippen LogP contribution in [0.3, 0.4) is 0 Å². The average Bonchev–Trinajstić information content (AvgIpc) is 2.39. The predicted molar refractivity (Wildman–Crippen MR) is 65.7 cm³/mol. The molecule has 1 rings (SSSR count). The van der Waals surface area contributed by atoms with Gasteiger partial charge in [0, 0.05) is 0 Å². The Kier molecular flexibility index (Phi) is 3.77. The van der Waals surface area contributed by atoms with Crippen LogP contribution in [0, 0.1) is 11.3 Å². The number of aliphatic hydroxyl groups is 1. The van der Waals surface area contributed by atoms with Gasteiger partial charge in [0.1, 0.15) is 0 Å². The van der Waals surface area contributed by atoms with E-state index in [0.29, 0.717) is 11.3 Å². The standard InChI is InChI=1S/C14H24O/c1-10(12(3)15)6-8-13-9-7-11(2)14(13,4)5/h6-7,12-13,15H,8-9H2,1-5H3/b10-6+/t12?,13-/m0/s1. The zero-order chi connectivity index (χ0) is 11.6. The summed E-state index contributed by atoms with van der Waals surface area (Å²) in [6.07, 6.45) is 6.52. The molecule has 0 radical (unpaired) electrons. The second-order valence-corrected chi connectivity index (χ2v) is 5.40. The molecule has 1 unspecified atom stereocenters. The lowest BCUT2D eigenvalue weighted by molar-refractivity contribution is 0.229. The van der Waals surface area contributed by atoms with Crippen LogP contribution in [0.25, 0.3) is 0 Å². The molecule has 0 saturated carbocycles. The quantitative estimate of drug-likeness (QED) is 0.701. The number of rotatable bonds is 3. The summed E-state index contributed by atoms with van der Waals surface area (Å²) in [7, 11) is 0. The minimum atomic E-state index is -0.302. The van der Waals surface area contributed by atoms with Crippen molar-refractivity contribution in [2.45, 2.75) is 53.6 Å². The average molecular weight is 208 g/mol. The molecule has 2 atom stereocenters. The summed E-state index contributed by atoms with van der Waals surface area (Å²) in [5, 5.41) is 9.40. The van der Waals surface area contributed by atoms with E-state index < -0.39 is 0 Å². The smallest absolute Gasteiger partial charge is 0.0719 e. The fourth-order valence-electron chi connectivity index (χ4n) is 2.09. The first-order valence-corrected chi connectivity index (χ1v) is 5.87. The highest BCUT2D eigenvalue weighted by atomic mass is 16.3. The maximum absolute atomic E-state index is 9.40. The molecule has 0 bridgehead atoms. The summed E-state index contributed by atoms with van der Waals surface area (Å²) >= 11 is 0. The molecule has 0 fully saturated rings. The Morgan fingerprint density at radius 2 is 2.27 bits per heavy atom. The van der Waals surface area contributed by atoms with Gasteiger partial charge in [0.25, 0.3) is 0 Å². The lowest BCUT2D eigenvalue weighted by Gasteiger charge is -2.29. The summed E-state index contributed by atoms with van der Waals surface area (Å²) in [6, 6.07) is 0. The van der Waals surface area contributed by atoms with Crippen LogP contribution in [-0.2, 0) is 0 Å². The molecule has 0 saturated heterocycles. The summed E-state index contributed by atoms with van der Waals surface area (Å²) < 4.78 is 0. The largest absolute Gasteiger partial charge is 0.389 e. The molecule has 0 heterocycles. The molecular formula is C14H24O. The van der Waals surface area contributed by atoms with E-state index >= 15 is 0 Å². The molecule has 0 aromatic carbocycles. The molecule has 1 heteroatoms. The second kappa shape index (κ2) is 4.52. The van der Waals surface area contributed by atoms with Gasteiger partial charge in [-0.3, -0.25) is 0 Å². The molecule has 1 N–H and O–H groups in total. The van der Waals surface area contributed by atoms with Gasteiger partial charge >= 0.3 is 0 Å². The Bertz CT molecular complexity index is 282. The SMILES string of the molecule is CC1=CC[C@H](C/C=C(\C)C(C)O)C1(C)C. The van der Waals surface area contributed by atoms with Crippen LogP contribution in [0.4, 0.5) is 0 Å². The highest BCUT2D eigenvalue weighted by Gasteiger charge is 2.33. The van der Waals surface area contributed by atoms with Gasteiger partial charge in [0.15, 0.2) is 0 Å². The van der Waals surface area contributed by atoms with Crippen molar-refractivity contribution >= 4 is 0 Å². The summed E-state index contributed by atoms with van der Waals surface area (Å²) in [5.41, 5.74) is 2.93. The Morgan fingerprint density at radius 1 is 1.67 bits per heavy atom. The Morgan fingerprint density at radius 3 is 2.67 bits per heavy atom. The summed E-state index contributed by atoms with van der Waals surface area (Å²) in [6.45, 7) is 10.7. The molecule has 1 nitrogen and oxygen atoms in total. The molecule has 15 heavy (non-hydrogen) atoms. The van der Waals surface area contributed by atoms with Crippen LogP contribution in [-0.4, -0.2) is 11.2 Å². The topological polar surface area (TPSA) is 20.2 Å². The monoisotopic (exact) mass is 208 g/mol. The Labute approximate surface area is 93.9 Å². The van der Waals surface area contributed by atoms with E-state index in [9.17, 15) is 5.11 Å². The molecule has 0 aromatic heterocycles. The van der Waals surface area contributed by atoms with E-state index in [1.54, 1.807) is 0 Å². The molecule has 86 valence electrons. The van der Waals surface area contributed by atoms with Crippen LogP contribution >= 0.6 is 0 Å². The van der Waals surface area contributed by atoms with E-state index in [1.165, 1.54) is 12.0 Å². The van der Waals surface area contributed by atoms with Gasteiger partial charge in [0.2, 0.25) is 0 Å². The van der Waals surface area contributed by atoms with E-state index in [2.05, 4.69) is 32.9 Å². The molecule has 0 aliphatic heterocycles. The first-order chi connectivity index (χ1) is 6.85. The molecule has 0 spiro atoms. The highest BCUT2D eigenvalue weighted by molar-refractivity contribution is 5.19. The van der Waals surface area contributed by atoms with Gasteiger partial charge in [-0.15, -0.1) is 0 Å². The molecule has 0 amide bonds. The van der Waals surface area contributed by atoms with Crippen molar-refractivity contribution < 1.29 is 5.11 Å². The third-order valence-corrected chi connectivity index (χ3v) is 4.13. The van der Waals surface area contributed by atoms with Gasteiger partial charge in [-0.2, -0.15) is 0 Å². The highest BCUT2D eigenvalue weighted by Crippen LogP contribution is 2.44. The Balaban J connectivity index is 2.60. The van der Waals surface area contributed by atoms with Crippen LogP contribution in [0.5, 0.6) is 0 Å². The van der Waals surface area contributed by atoms with Crippen molar-refractivity contribution in [3.8, 4) is 0 Å². The minimum absolute atomic E-state index is 0.302. The third-order valence-electron chi connectivity index (χ3n) is 4.13. The zero-order valence-corrected chi connectivity index (χ0v) is 10.7. The lowest BCUT2D eigenvalue weighted by atomic mass is 9.76. The van der Waals surface area contributed by atoms with Crippen molar-refractivity contribution in [3.63, 3.8) is 0 Å². The van der Waals surface area contributed by atoms with Crippen molar-refractivity contribution in [1.82, 2.24) is 0 Å². The first-order valence-electron chi connectivity index (χ1n) is 5.87. The maximum atomic E-state index is 9.40. The van der Waals surface area contributed by atoms with Crippen LogP contribution in [0.1, 0.15) is 47.5 Å². The predicted octanol–water partition coefficient (Wildman–Crippen LogP) is 3.70. The number of aliphatic hydroxyl groups excluding tert-OH is 1. The summed E-state index contributed by atoms with van der Waals surface area (Å²) in [4.78, 5) is 0. The van der Waals surface area contributed by atoms with E-state index in [0.717, 1.165) is 12.0 Å². The van der Waals surface area contributed by atoms with Crippen molar-refractivity contribution in [1.29, 1.82) is 0 Å². The number of hydrogen-bond donors (Lipinski definition) is 1. The van der Waals surface area contributed by atoms with Crippen LogP contribution < -0.4 is 0 Å². The van der Waals surface area contributed by atoms with Crippen molar-refractivity contribution in [3.05, 3.63) is 23.3 Å². The van der Waals surface area contributed by atoms with E-state index in [1.807, 2.05) is 13.8 Å². The van der Waals surface area contributed by atoms with Crippen LogP contribution in [0.15, 0.2) is 23.3 Å². The van der Waals surface area contributed by atoms with Gasteiger partial charge in [-0.1, -0.05) is 31.6 Å². The van der Waals surface area contributed by atoms with E-state index in [-0.39, 0.29) is 6.10 Å². The zero-order valence-electron chi connectivity index (χ0n) is 10.7. The fourth-order valence-corrected chi connectivity index (χ4v) is 2.09. The van der Waals surface area contributed by atoms with Gasteiger partial charge in [0.05, 0.1) is 6.10 Å². The molecular weight excluding hydrogens is 184 g/mol. The van der Waals surface area contributed by atoms with Crippen molar-refractivity contribution in [2.75, 3.05) is 0 Å². The third kappa shape index (κ3) is 2.72. The maximum Gasteiger partial charge on any atom is 0.0719 e. The molecule has 1 aliphatic carbocycles. The van der Waals surface area contributed by atoms with Gasteiger partial charge < -0.3 is 5.11 Å².